The molecule has 0 aromatic heterocycles. The summed E-state index contributed by atoms with van der Waals surface area (Å²) in [4.78, 5) is 14.4. The number of hydrogen-bond acceptors (Lipinski definition) is 4. The van der Waals surface area contributed by atoms with E-state index >= 15 is 0 Å². The van der Waals surface area contributed by atoms with Crippen LogP contribution in [-0.2, 0) is 11.3 Å². The molecule has 2 aromatic carbocycles. The van der Waals surface area contributed by atoms with Crippen LogP contribution < -0.4 is 14.8 Å². The highest BCUT2D eigenvalue weighted by Gasteiger charge is 2.21. The molecular weight excluding hydrogens is 383 g/mol. The zero-order valence-electron chi connectivity index (χ0n) is 15.8. The molecule has 0 spiro atoms. The van der Waals surface area contributed by atoms with E-state index in [1.807, 2.05) is 6.07 Å². The number of piperidine rings is 1. The molecule has 0 bridgehead atoms. The third-order valence-electron chi connectivity index (χ3n) is 4.76. The van der Waals surface area contributed by atoms with Crippen molar-refractivity contribution >= 4 is 17.5 Å². The molecule has 0 aliphatic carbocycles. The molecule has 28 heavy (non-hydrogen) atoms. The van der Waals surface area contributed by atoms with Crippen LogP contribution in [-0.4, -0.2) is 43.7 Å². The average Bonchev–Trinajstić information content (AvgIpc) is 2.69. The van der Waals surface area contributed by atoms with Crippen molar-refractivity contribution in [3.05, 3.63) is 58.9 Å². The number of nitrogens with zero attached hydrogens (tertiary/aromatic N) is 1. The summed E-state index contributed by atoms with van der Waals surface area (Å²) in [5.74, 6) is 0.389. The Kier molecular flexibility index (Phi) is 7.12. The van der Waals surface area contributed by atoms with Gasteiger partial charge in [-0.2, -0.15) is 0 Å². The lowest BCUT2D eigenvalue weighted by atomic mass is 10.0. The second-order valence-corrected chi connectivity index (χ2v) is 7.27. The molecule has 3 rings (SSSR count). The van der Waals surface area contributed by atoms with E-state index in [4.69, 9.17) is 21.1 Å². The van der Waals surface area contributed by atoms with Gasteiger partial charge in [-0.15, -0.1) is 0 Å². The number of halogens is 2. The minimum Gasteiger partial charge on any atom is -0.494 e. The van der Waals surface area contributed by atoms with Gasteiger partial charge in [0.1, 0.15) is 5.75 Å². The number of hydrogen-bond donors (Lipinski definition) is 1. The standard InChI is InChI=1S/C21H24ClFN2O3/c1-27-20-7-2-15(12-19(20)23)13-25-10-8-17(9-11-25)24-21(26)14-28-18-5-3-16(22)4-6-18/h2-7,12,17H,8-11,13-14H2,1H3,(H,24,26). The van der Waals surface area contributed by atoms with Crippen LogP contribution in [0, 0.1) is 5.82 Å². The van der Waals surface area contributed by atoms with Crippen LogP contribution in [0.15, 0.2) is 42.5 Å². The summed E-state index contributed by atoms with van der Waals surface area (Å²) in [6, 6.07) is 12.1. The monoisotopic (exact) mass is 406 g/mol. The lowest BCUT2D eigenvalue weighted by molar-refractivity contribution is -0.124. The molecule has 1 aliphatic rings. The minimum absolute atomic E-state index is 0.0209. The Balaban J connectivity index is 1.39. The molecule has 1 N–H and O–H groups in total. The highest BCUT2D eigenvalue weighted by Crippen LogP contribution is 2.20. The minimum atomic E-state index is -0.345. The van der Waals surface area contributed by atoms with Gasteiger partial charge in [-0.05, 0) is 54.8 Å². The second-order valence-electron chi connectivity index (χ2n) is 6.83. The highest BCUT2D eigenvalue weighted by atomic mass is 35.5. The molecule has 0 saturated carbocycles. The molecule has 2 aromatic rings. The Labute approximate surface area is 169 Å². The van der Waals surface area contributed by atoms with Crippen LogP contribution >= 0.6 is 11.6 Å². The number of benzene rings is 2. The maximum atomic E-state index is 13.8. The second kappa shape index (κ2) is 9.75. The number of methoxy groups -OCH3 is 1. The van der Waals surface area contributed by atoms with Gasteiger partial charge in [0.15, 0.2) is 18.2 Å². The van der Waals surface area contributed by atoms with E-state index in [2.05, 4.69) is 10.2 Å². The predicted octanol–water partition coefficient (Wildman–Crippen LogP) is 3.65. The number of rotatable bonds is 7. The molecule has 1 amide bonds. The molecule has 0 atom stereocenters. The lowest BCUT2D eigenvalue weighted by Gasteiger charge is -2.32. The fourth-order valence-electron chi connectivity index (χ4n) is 3.25. The van der Waals surface area contributed by atoms with Crippen LogP contribution in [0.2, 0.25) is 5.02 Å². The normalized spacial score (nSPS) is 15.2. The van der Waals surface area contributed by atoms with E-state index in [-0.39, 0.29) is 30.1 Å². The Morgan fingerprint density at radius 2 is 1.93 bits per heavy atom. The summed E-state index contributed by atoms with van der Waals surface area (Å²) < 4.78 is 24.2. The van der Waals surface area contributed by atoms with Crippen molar-refractivity contribution in [2.45, 2.75) is 25.4 Å². The predicted molar refractivity (Wildman–Crippen MR) is 106 cm³/mol. The van der Waals surface area contributed by atoms with Crippen LogP contribution in [0.3, 0.4) is 0 Å². The van der Waals surface area contributed by atoms with Crippen molar-refractivity contribution in [3.63, 3.8) is 0 Å². The highest BCUT2D eigenvalue weighted by molar-refractivity contribution is 6.30. The molecule has 5 nitrogen and oxygen atoms in total. The van der Waals surface area contributed by atoms with Crippen molar-refractivity contribution in [2.24, 2.45) is 0 Å². The summed E-state index contributed by atoms with van der Waals surface area (Å²) in [5.41, 5.74) is 0.914. The van der Waals surface area contributed by atoms with E-state index in [9.17, 15) is 9.18 Å². The van der Waals surface area contributed by atoms with Gasteiger partial charge in [0, 0.05) is 30.7 Å². The topological polar surface area (TPSA) is 50.8 Å². The SMILES string of the molecule is COc1ccc(CN2CCC(NC(=O)COc3ccc(Cl)cc3)CC2)cc1F. The number of carbonyl (C=O) groups excluding carboxylic acids is 1. The summed E-state index contributed by atoms with van der Waals surface area (Å²) in [7, 11) is 1.46. The molecule has 1 fully saturated rings. The summed E-state index contributed by atoms with van der Waals surface area (Å²) in [5, 5.41) is 3.64. The maximum absolute atomic E-state index is 13.8. The summed E-state index contributed by atoms with van der Waals surface area (Å²) in [6.07, 6.45) is 1.71. The van der Waals surface area contributed by atoms with E-state index in [0.29, 0.717) is 17.3 Å². The van der Waals surface area contributed by atoms with Crippen LogP contribution in [0.4, 0.5) is 4.39 Å². The van der Waals surface area contributed by atoms with Gasteiger partial charge in [-0.25, -0.2) is 4.39 Å². The van der Waals surface area contributed by atoms with Crippen molar-refractivity contribution in [1.82, 2.24) is 10.2 Å². The molecule has 1 heterocycles. The molecule has 150 valence electrons. The molecule has 1 saturated heterocycles. The van der Waals surface area contributed by atoms with Gasteiger partial charge in [-0.3, -0.25) is 9.69 Å². The van der Waals surface area contributed by atoms with Gasteiger partial charge in [0.25, 0.3) is 5.91 Å². The molecule has 7 heteroatoms. The van der Waals surface area contributed by atoms with Gasteiger partial charge in [-0.1, -0.05) is 17.7 Å². The van der Waals surface area contributed by atoms with E-state index in [1.54, 1.807) is 30.3 Å². The first-order valence-corrected chi connectivity index (χ1v) is 9.64. The van der Waals surface area contributed by atoms with Crippen molar-refractivity contribution in [1.29, 1.82) is 0 Å². The first-order valence-electron chi connectivity index (χ1n) is 9.26. The van der Waals surface area contributed by atoms with E-state index in [1.165, 1.54) is 13.2 Å². The number of ether oxygens (including phenoxy) is 2. The zero-order chi connectivity index (χ0) is 19.9. The average molecular weight is 407 g/mol. The first-order chi connectivity index (χ1) is 13.5. The quantitative estimate of drug-likeness (QED) is 0.762. The van der Waals surface area contributed by atoms with Crippen molar-refractivity contribution in [3.8, 4) is 11.5 Å². The number of carbonyl (C=O) groups is 1. The number of amides is 1. The van der Waals surface area contributed by atoms with E-state index in [0.717, 1.165) is 31.5 Å². The summed E-state index contributed by atoms with van der Waals surface area (Å²) in [6.45, 7) is 2.35. The number of likely N-dealkylation sites (tertiary alicyclic amines) is 1. The number of nitrogens with one attached hydrogen (secondary N) is 1. The molecule has 0 unspecified atom stereocenters. The lowest BCUT2D eigenvalue weighted by Crippen LogP contribution is -2.45. The Bertz CT molecular complexity index is 793. The first kappa shape index (κ1) is 20.4. The molecule has 1 aliphatic heterocycles. The van der Waals surface area contributed by atoms with Crippen LogP contribution in [0.5, 0.6) is 11.5 Å². The van der Waals surface area contributed by atoms with Crippen LogP contribution in [0.1, 0.15) is 18.4 Å². The Hall–Kier alpha value is -2.31. The van der Waals surface area contributed by atoms with Gasteiger partial charge >= 0.3 is 0 Å². The van der Waals surface area contributed by atoms with Crippen molar-refractivity contribution in [2.75, 3.05) is 26.8 Å². The summed E-state index contributed by atoms with van der Waals surface area (Å²) >= 11 is 5.82. The Morgan fingerprint density at radius 3 is 2.57 bits per heavy atom. The smallest absolute Gasteiger partial charge is 0.258 e. The Morgan fingerprint density at radius 1 is 1.21 bits per heavy atom. The zero-order valence-corrected chi connectivity index (χ0v) is 16.5. The maximum Gasteiger partial charge on any atom is 0.258 e. The van der Waals surface area contributed by atoms with Crippen molar-refractivity contribution < 1.29 is 18.7 Å². The van der Waals surface area contributed by atoms with Gasteiger partial charge < -0.3 is 14.8 Å². The fourth-order valence-corrected chi connectivity index (χ4v) is 3.38. The molecule has 0 radical (unpaired) electrons. The van der Waals surface area contributed by atoms with Crippen LogP contribution in [0.25, 0.3) is 0 Å². The van der Waals surface area contributed by atoms with Gasteiger partial charge in [0.05, 0.1) is 7.11 Å². The fraction of sp³-hybridized carbons (Fsp3) is 0.381. The third-order valence-corrected chi connectivity index (χ3v) is 5.01. The van der Waals surface area contributed by atoms with E-state index < -0.39 is 0 Å². The van der Waals surface area contributed by atoms with Gasteiger partial charge in [0.2, 0.25) is 0 Å². The third kappa shape index (κ3) is 5.84. The largest absolute Gasteiger partial charge is 0.494 e. The molecular formula is C21H24ClFN2O3.